The highest BCUT2D eigenvalue weighted by Gasteiger charge is 2.79. The lowest BCUT2D eigenvalue weighted by molar-refractivity contribution is -0.204. The number of aliphatic hydroxyl groups excluding tert-OH is 1. The number of ether oxygens (including phenoxy) is 3. The van der Waals surface area contributed by atoms with Gasteiger partial charge in [-0.05, 0) is 113 Å². The third-order valence-electron chi connectivity index (χ3n) is 22.4. The molecule has 8 rings (SSSR count). The number of nitrogens with one attached hydrogen (secondary N) is 9. The number of nitrogens with two attached hydrogens (primary N) is 1. The lowest BCUT2D eigenvalue weighted by atomic mass is 9.47. The van der Waals surface area contributed by atoms with Crippen LogP contribution in [0.15, 0.2) is 78.9 Å². The summed E-state index contributed by atoms with van der Waals surface area (Å²) in [5, 5.41) is 109. The van der Waals surface area contributed by atoms with Crippen LogP contribution in [0.4, 0.5) is 15.3 Å². The zero-order valence-corrected chi connectivity index (χ0v) is 66.9. The number of hydrazine groups is 1. The van der Waals surface area contributed by atoms with Crippen molar-refractivity contribution < 1.29 is 127 Å². The number of benzene rings is 3. The predicted octanol–water partition coefficient (Wildman–Crippen LogP) is 1.27. The van der Waals surface area contributed by atoms with E-state index < -0.39 is 210 Å². The van der Waals surface area contributed by atoms with Crippen LogP contribution < -0.4 is 58.1 Å². The number of aromatic nitrogens is 1. The summed E-state index contributed by atoms with van der Waals surface area (Å²) in [4.78, 5) is 190. The summed E-state index contributed by atoms with van der Waals surface area (Å²) in [5.41, 5.74) is 6.90. The molecule has 1 aliphatic carbocycles. The van der Waals surface area contributed by atoms with E-state index in [9.17, 15) is 98.4 Å². The van der Waals surface area contributed by atoms with E-state index in [0.29, 0.717) is 73.3 Å². The number of fused-ring (bicyclic) bond motifs is 2. The number of aromatic amines is 1. The number of hydrogen-bond acceptors (Lipinski definition) is 25. The van der Waals surface area contributed by atoms with Gasteiger partial charge in [0.25, 0.3) is 5.91 Å². The van der Waals surface area contributed by atoms with Gasteiger partial charge < -0.3 is 108 Å². The fourth-order valence-electron chi connectivity index (χ4n) is 16.6. The second-order valence-corrected chi connectivity index (χ2v) is 32.2. The normalized spacial score (nSPS) is 21.5. The van der Waals surface area contributed by atoms with Crippen molar-refractivity contribution in [2.24, 2.45) is 11.1 Å². The summed E-state index contributed by atoms with van der Waals surface area (Å²) in [6.45, 7) is 6.25. The van der Waals surface area contributed by atoms with Gasteiger partial charge in [-0.3, -0.25) is 48.7 Å². The van der Waals surface area contributed by atoms with Gasteiger partial charge in [-0.1, -0.05) is 96.1 Å². The number of aliphatic carboxylic acids is 6. The fraction of sp³-hybridized carbons (Fsp3) is 0.532. The second-order valence-electron chi connectivity index (χ2n) is 29.6. The number of carboxylic acid groups (broad SMARTS) is 6. The van der Waals surface area contributed by atoms with Gasteiger partial charge in [-0.15, -0.1) is 0 Å². The molecule has 38 nitrogen and oxygen atoms in total. The number of rotatable bonds is 44. The van der Waals surface area contributed by atoms with Crippen LogP contribution in [0.5, 0.6) is 5.75 Å². The first-order valence-corrected chi connectivity index (χ1v) is 40.5. The van der Waals surface area contributed by atoms with Crippen molar-refractivity contribution in [2.75, 3.05) is 63.9 Å². The van der Waals surface area contributed by atoms with Gasteiger partial charge in [-0.2, -0.15) is 0 Å². The minimum Gasteiger partial charge on any atom is -0.496 e. The molecule has 3 aromatic carbocycles. The molecule has 20 N–H and O–H groups in total. The number of anilines is 1. The maximum atomic E-state index is 15.4. The molecule has 3 aliphatic heterocycles. The molecule has 14 atom stereocenters. The van der Waals surface area contributed by atoms with Gasteiger partial charge in [0, 0.05) is 102 Å². The summed E-state index contributed by atoms with van der Waals surface area (Å²) in [5.74, 6) is -16.0. The van der Waals surface area contributed by atoms with Crippen molar-refractivity contribution in [1.29, 1.82) is 0 Å². The van der Waals surface area contributed by atoms with Gasteiger partial charge in [0.05, 0.1) is 32.3 Å². The maximum Gasteiger partial charge on any atom is 0.426 e. The Kier molecular flexibility index (Phi) is 31.3. The Hall–Kier alpha value is -10.8. The third-order valence-corrected chi connectivity index (χ3v) is 24.7. The van der Waals surface area contributed by atoms with Crippen molar-refractivity contribution >= 4 is 122 Å². The summed E-state index contributed by atoms with van der Waals surface area (Å²) in [6.07, 6.45) is -2.75. The van der Waals surface area contributed by atoms with E-state index in [1.165, 1.54) is 14.2 Å². The molecule has 40 heteroatoms. The molecule has 4 aliphatic rings. The monoisotopic (exact) mass is 1670 g/mol. The second kappa shape index (κ2) is 39.9. The van der Waals surface area contributed by atoms with Crippen molar-refractivity contribution in [1.82, 2.24) is 52.6 Å². The number of likely N-dealkylation sites (N-methyl/N-ethyl adjacent to an activating group) is 1. The van der Waals surface area contributed by atoms with Crippen LogP contribution in [-0.2, 0) is 90.7 Å². The number of H-pyrrole nitrogens is 1. The quantitative estimate of drug-likeness (QED) is 0.00974. The van der Waals surface area contributed by atoms with Gasteiger partial charge in [0.2, 0.25) is 23.6 Å². The molecule has 8 amide bonds. The predicted molar refractivity (Wildman–Crippen MR) is 421 cm³/mol. The molecule has 4 heterocycles. The Morgan fingerprint density at radius 2 is 1.31 bits per heavy atom. The van der Waals surface area contributed by atoms with Crippen molar-refractivity contribution in [3.05, 3.63) is 107 Å². The number of hydrogen-bond donors (Lipinski definition) is 19. The lowest BCUT2D eigenvalue weighted by Crippen LogP contribution is -2.82. The Balaban J connectivity index is 0.907. The van der Waals surface area contributed by atoms with Gasteiger partial charge >= 0.3 is 53.9 Å². The minimum absolute atomic E-state index is 0.0189. The molecule has 117 heavy (non-hydrogen) atoms. The third kappa shape index (κ3) is 20.6. The van der Waals surface area contributed by atoms with Crippen molar-refractivity contribution in [3.63, 3.8) is 0 Å². The molecular weight excluding hydrogens is 1570 g/mol. The first-order valence-electron chi connectivity index (χ1n) is 38.0. The smallest absolute Gasteiger partial charge is 0.426 e. The van der Waals surface area contributed by atoms with Gasteiger partial charge in [0.15, 0.2) is 5.60 Å². The van der Waals surface area contributed by atoms with E-state index in [2.05, 4.69) is 42.0 Å². The van der Waals surface area contributed by atoms with Crippen LogP contribution >= 0.6 is 21.6 Å². The van der Waals surface area contributed by atoms with E-state index in [1.54, 1.807) is 55.3 Å². The summed E-state index contributed by atoms with van der Waals surface area (Å²) < 4.78 is 17.6. The molecule has 4 aromatic rings. The number of amides is 8. The molecule has 1 saturated heterocycles. The number of carbonyl (C=O) groups excluding carboxylic acids is 8. The SMILES string of the molecule is CC[C@](C)(O)CCCC(C(=O)OC)(c1cc2c(cc1OC)N(C)[C@H]1[C@@](O)(C(=O)NNC(=O)OCCSSC[C@H](NC(=O)[C@H](Cc3ccccc3)NC(=O)[C@H](CC(=O)O)NC(=O)CC[C@H](NC(=O)CC[C@H](NC(=O)N[C@@H](CCC(=O)O)C(=O)O)C(=O)O)C(=O)O)C(=O)O)[C@H](O)[C@]3(CC)C=CCN4CC[C@]21[C@@H]43)c1[nH]c2ccccc2c1CCN. The van der Waals surface area contributed by atoms with Crippen LogP contribution in [0, 0.1) is 5.41 Å². The molecular formula is C77H102N12O26S2. The number of para-hydroxylation sites is 1. The molecule has 1 saturated carbocycles. The average Bonchev–Trinajstić information content (AvgIpc) is 1.49. The maximum absolute atomic E-state index is 15.4. The Morgan fingerprint density at radius 3 is 1.90 bits per heavy atom. The number of aliphatic hydroxyl groups is 3. The highest BCUT2D eigenvalue weighted by atomic mass is 33.1. The molecule has 1 spiro atoms. The summed E-state index contributed by atoms with van der Waals surface area (Å²) >= 11 is 0. The van der Waals surface area contributed by atoms with E-state index in [4.69, 9.17) is 25.1 Å². The van der Waals surface area contributed by atoms with Crippen LogP contribution in [0.1, 0.15) is 132 Å². The largest absolute Gasteiger partial charge is 0.496 e. The van der Waals surface area contributed by atoms with Crippen LogP contribution in [-0.4, -0.2) is 264 Å². The van der Waals surface area contributed by atoms with Crippen molar-refractivity contribution in [3.8, 4) is 5.75 Å². The molecule has 638 valence electrons. The number of carboxylic acids is 6. The van der Waals surface area contributed by atoms with Crippen molar-refractivity contribution in [2.45, 2.75) is 194 Å². The van der Waals surface area contributed by atoms with Gasteiger partial charge in [-0.25, -0.2) is 34.2 Å². The topological polar surface area (TPSA) is 593 Å². The van der Waals surface area contributed by atoms with E-state index in [1.807, 2.05) is 67.0 Å². The molecule has 1 aromatic heterocycles. The molecule has 1 unspecified atom stereocenters. The number of urea groups is 1. The highest BCUT2D eigenvalue weighted by Crippen LogP contribution is 2.67. The first-order chi connectivity index (χ1) is 55.4. The number of methoxy groups -OCH3 is 2. The summed E-state index contributed by atoms with van der Waals surface area (Å²) in [6, 6.07) is 5.39. The Morgan fingerprint density at radius 1 is 0.709 bits per heavy atom. The van der Waals surface area contributed by atoms with Crippen LogP contribution in [0.25, 0.3) is 10.9 Å². The van der Waals surface area contributed by atoms with E-state index in [-0.39, 0.29) is 49.7 Å². The minimum atomic E-state index is -2.74. The molecule has 2 fully saturated rings. The van der Waals surface area contributed by atoms with E-state index in [0.717, 1.165) is 38.1 Å². The van der Waals surface area contributed by atoms with Gasteiger partial charge in [0.1, 0.15) is 60.1 Å². The Bertz CT molecular complexity index is 4400. The Labute approximate surface area is 679 Å². The standard InChI is InChI=1S/C77H102N12O26S2/c1-7-73(3,111)27-14-29-75(70(108)114-6,59-43(26-31-78)42-18-12-13-19-46(42)81-59)45-37-44-53(39-54(45)113-5)88(4)67-76(44)30-33-89-32-15-28-74(8-2,66(76)89)68(106)77(67,112)69(107)86-87-72(110)115-34-35-116-117-40-52(65(104)105)83-60(96)50(36-41-16-10-9-11-17-41)82-61(97)51(38-58(94)95)80-56(91)23-20-47(62(98)99)79-55(90)24-21-48(63(100)101)84-71(109)85-49(64(102)103)22-25-57(92)93/h9-13,15-19,28,37,39,47-52,66-68,81,106,111-112H,7-8,14,20-27,29-36,38,40,78H2,1-6H3,(H,79,90)(H,80,91)(H,82,97)(H,83,96)(H,86,107)(H,87,110)(H,92,93)(H,94,95)(H,98,99)(H,100,101)(H,102,103)(H,104,105)(H2,84,85,109)/t47-,48-,49-,50-,51-,52-,66-,67+,68+,73-,74+,75?,76+,77-/m0/s1. The molecule has 0 bridgehead atoms. The fourth-order valence-corrected chi connectivity index (χ4v) is 18.6. The average molecular weight is 1680 g/mol. The molecule has 0 radical (unpaired) electrons. The number of esters is 1. The van der Waals surface area contributed by atoms with Crippen LogP contribution in [0.2, 0.25) is 0 Å². The highest BCUT2D eigenvalue weighted by molar-refractivity contribution is 8.76. The summed E-state index contributed by atoms with van der Waals surface area (Å²) in [7, 11) is 6.38. The number of carbonyl (C=O) groups is 14. The number of nitrogens with zero attached hydrogens (tertiary/aromatic N) is 2. The zero-order valence-electron chi connectivity index (χ0n) is 65.3. The zero-order chi connectivity index (χ0) is 86.1. The van der Waals surface area contributed by atoms with Crippen LogP contribution in [0.3, 0.4) is 0 Å². The first kappa shape index (κ1) is 91.7. The van der Waals surface area contributed by atoms with E-state index >= 15 is 9.59 Å². The lowest BCUT2D eigenvalue weighted by Gasteiger charge is -2.63.